The number of aryl methyl sites for hydroxylation is 1. The molecule has 0 atom stereocenters. The second-order valence-electron chi connectivity index (χ2n) is 3.45. The number of hydrogen-bond donors (Lipinski definition) is 0. The van der Waals surface area contributed by atoms with Crippen LogP contribution in [0.3, 0.4) is 0 Å². The van der Waals surface area contributed by atoms with Gasteiger partial charge in [0.2, 0.25) is 0 Å². The van der Waals surface area contributed by atoms with E-state index in [1.54, 1.807) is 7.11 Å². The third kappa shape index (κ3) is 1.66. The zero-order valence-corrected chi connectivity index (χ0v) is 10.6. The van der Waals surface area contributed by atoms with Gasteiger partial charge in [-0.25, -0.2) is 4.98 Å². The number of carbonyl (C=O) groups excluding carboxylic acids is 1. The lowest BCUT2D eigenvalue weighted by Gasteiger charge is -2.03. The van der Waals surface area contributed by atoms with Crippen LogP contribution in [-0.4, -0.2) is 22.8 Å². The van der Waals surface area contributed by atoms with E-state index in [-0.39, 0.29) is 0 Å². The number of carbonyl (C=O) groups is 1. The monoisotopic (exact) mass is 282 g/mol. The molecule has 2 aromatic heterocycles. The number of methoxy groups -OCH3 is 1. The zero-order valence-electron chi connectivity index (χ0n) is 9.03. The number of pyridine rings is 1. The largest absolute Gasteiger partial charge is 0.378 e. The Hall–Kier alpha value is -1.20. The Labute approximate surface area is 101 Å². The molecule has 16 heavy (non-hydrogen) atoms. The summed E-state index contributed by atoms with van der Waals surface area (Å²) in [5, 5.41) is 0. The number of fused-ring (bicyclic) bond motifs is 1. The Balaban J connectivity index is 2.78. The molecule has 4 nitrogen and oxygen atoms in total. The fraction of sp³-hybridized carbons (Fsp3) is 0.273. The minimum Gasteiger partial charge on any atom is -0.378 e. The summed E-state index contributed by atoms with van der Waals surface area (Å²) in [6, 6.07) is 3.78. The van der Waals surface area contributed by atoms with Gasteiger partial charge in [-0.15, -0.1) is 0 Å². The van der Waals surface area contributed by atoms with Gasteiger partial charge in [0.1, 0.15) is 11.3 Å². The molecule has 0 aliphatic heterocycles. The van der Waals surface area contributed by atoms with Crippen LogP contribution < -0.4 is 0 Å². The van der Waals surface area contributed by atoms with Crippen LogP contribution in [0, 0.1) is 6.92 Å². The Bertz CT molecular complexity index is 548. The maximum absolute atomic E-state index is 11.1. The van der Waals surface area contributed by atoms with Gasteiger partial charge in [-0.3, -0.25) is 9.20 Å². The summed E-state index contributed by atoms with van der Waals surface area (Å²) < 4.78 is 7.80. The van der Waals surface area contributed by atoms with Crippen LogP contribution in [0.4, 0.5) is 0 Å². The molecule has 0 unspecified atom stereocenters. The summed E-state index contributed by atoms with van der Waals surface area (Å²) in [4.78, 5) is 15.5. The number of rotatable bonds is 3. The normalized spacial score (nSPS) is 10.9. The maximum atomic E-state index is 11.1. The van der Waals surface area contributed by atoms with E-state index in [0.717, 1.165) is 22.1 Å². The van der Waals surface area contributed by atoms with Crippen LogP contribution in [0.2, 0.25) is 0 Å². The molecule has 2 rings (SSSR count). The van der Waals surface area contributed by atoms with Gasteiger partial charge >= 0.3 is 0 Å². The summed E-state index contributed by atoms with van der Waals surface area (Å²) in [7, 11) is 1.58. The number of aromatic nitrogens is 2. The Morgan fingerprint density at radius 3 is 2.94 bits per heavy atom. The van der Waals surface area contributed by atoms with Gasteiger partial charge in [0, 0.05) is 17.3 Å². The summed E-state index contributed by atoms with van der Waals surface area (Å²) in [6.45, 7) is 2.27. The van der Waals surface area contributed by atoms with E-state index in [9.17, 15) is 4.79 Å². The summed E-state index contributed by atoms with van der Waals surface area (Å²) in [5.41, 5.74) is 2.93. The van der Waals surface area contributed by atoms with Gasteiger partial charge in [-0.2, -0.15) is 0 Å². The molecule has 0 radical (unpaired) electrons. The van der Waals surface area contributed by atoms with Crippen molar-refractivity contribution in [1.82, 2.24) is 9.38 Å². The number of ether oxygens (including phenoxy) is 1. The molecule has 0 spiro atoms. The van der Waals surface area contributed by atoms with Gasteiger partial charge in [-0.1, -0.05) is 0 Å². The van der Waals surface area contributed by atoms with Crippen LogP contribution in [0.15, 0.2) is 16.6 Å². The minimum absolute atomic E-state index is 0.340. The molecule has 0 aliphatic carbocycles. The highest BCUT2D eigenvalue weighted by Crippen LogP contribution is 2.21. The lowest BCUT2D eigenvalue weighted by Crippen LogP contribution is -1.99. The van der Waals surface area contributed by atoms with Gasteiger partial charge in [-0.05, 0) is 35.0 Å². The molecule has 5 heteroatoms. The quantitative estimate of drug-likeness (QED) is 0.812. The average Bonchev–Trinajstić information content (AvgIpc) is 2.62. The Morgan fingerprint density at radius 2 is 2.31 bits per heavy atom. The predicted molar refractivity (Wildman–Crippen MR) is 63.7 cm³/mol. The van der Waals surface area contributed by atoms with E-state index in [1.165, 1.54) is 0 Å². The first-order chi connectivity index (χ1) is 7.69. The standard InChI is InChI=1S/C11H11BrN2O2/c1-7-8(12)3-4-11-13-9(6-16-2)10(5-15)14(7)11/h3-5H,6H2,1-2H3. The molecular weight excluding hydrogens is 272 g/mol. The van der Waals surface area contributed by atoms with Gasteiger partial charge < -0.3 is 4.74 Å². The first-order valence-electron chi connectivity index (χ1n) is 4.79. The predicted octanol–water partition coefficient (Wildman–Crippen LogP) is 2.36. The van der Waals surface area contributed by atoms with Gasteiger partial charge in [0.25, 0.3) is 0 Å². The summed E-state index contributed by atoms with van der Waals surface area (Å²) in [5.74, 6) is 0. The van der Waals surface area contributed by atoms with Crippen molar-refractivity contribution >= 4 is 27.9 Å². The smallest absolute Gasteiger partial charge is 0.168 e. The highest BCUT2D eigenvalue weighted by molar-refractivity contribution is 9.10. The van der Waals surface area contributed by atoms with E-state index >= 15 is 0 Å². The van der Waals surface area contributed by atoms with Gasteiger partial charge in [0.05, 0.1) is 12.3 Å². The van der Waals surface area contributed by atoms with Crippen molar-refractivity contribution in [3.8, 4) is 0 Å². The zero-order chi connectivity index (χ0) is 11.7. The first-order valence-corrected chi connectivity index (χ1v) is 5.59. The van der Waals surface area contributed by atoms with E-state index < -0.39 is 0 Å². The lowest BCUT2D eigenvalue weighted by atomic mass is 10.3. The summed E-state index contributed by atoms with van der Waals surface area (Å²) >= 11 is 3.43. The fourth-order valence-corrected chi connectivity index (χ4v) is 2.01. The van der Waals surface area contributed by atoms with Crippen molar-refractivity contribution in [1.29, 1.82) is 0 Å². The second kappa shape index (κ2) is 4.35. The highest BCUT2D eigenvalue weighted by atomic mass is 79.9. The number of nitrogens with zero attached hydrogens (tertiary/aromatic N) is 2. The van der Waals surface area contributed by atoms with Crippen molar-refractivity contribution in [3.05, 3.63) is 33.7 Å². The van der Waals surface area contributed by atoms with Gasteiger partial charge in [0.15, 0.2) is 6.29 Å². The maximum Gasteiger partial charge on any atom is 0.168 e. The van der Waals surface area contributed by atoms with Crippen molar-refractivity contribution in [2.45, 2.75) is 13.5 Å². The fourth-order valence-electron chi connectivity index (χ4n) is 1.70. The Morgan fingerprint density at radius 1 is 1.56 bits per heavy atom. The molecular formula is C11H11BrN2O2. The van der Waals surface area contributed by atoms with Crippen LogP contribution >= 0.6 is 15.9 Å². The van der Waals surface area contributed by atoms with Crippen molar-refractivity contribution < 1.29 is 9.53 Å². The molecule has 0 aromatic carbocycles. The molecule has 0 fully saturated rings. The van der Waals surface area contributed by atoms with Crippen LogP contribution in [0.5, 0.6) is 0 Å². The number of aldehydes is 1. The van der Waals surface area contributed by atoms with Crippen LogP contribution in [0.1, 0.15) is 21.9 Å². The number of hydrogen-bond acceptors (Lipinski definition) is 3. The second-order valence-corrected chi connectivity index (χ2v) is 4.31. The lowest BCUT2D eigenvalue weighted by molar-refractivity contribution is 0.111. The molecule has 2 aromatic rings. The molecule has 0 bridgehead atoms. The number of imidazole rings is 1. The Kier molecular flexibility index (Phi) is 3.07. The molecule has 0 saturated carbocycles. The molecule has 0 saturated heterocycles. The van der Waals surface area contributed by atoms with E-state index in [2.05, 4.69) is 20.9 Å². The van der Waals surface area contributed by atoms with Crippen molar-refractivity contribution in [2.24, 2.45) is 0 Å². The third-order valence-corrected chi connectivity index (χ3v) is 3.31. The van der Waals surface area contributed by atoms with E-state index in [0.29, 0.717) is 18.0 Å². The number of halogens is 1. The first kappa shape index (κ1) is 11.3. The SMILES string of the molecule is COCc1nc2ccc(Br)c(C)n2c1C=O. The molecule has 2 heterocycles. The average molecular weight is 283 g/mol. The van der Waals surface area contributed by atoms with E-state index in [4.69, 9.17) is 4.74 Å². The molecule has 0 amide bonds. The van der Waals surface area contributed by atoms with Crippen molar-refractivity contribution in [2.75, 3.05) is 7.11 Å². The third-order valence-electron chi connectivity index (χ3n) is 2.47. The minimum atomic E-state index is 0.340. The van der Waals surface area contributed by atoms with E-state index in [1.807, 2.05) is 23.5 Å². The highest BCUT2D eigenvalue weighted by Gasteiger charge is 2.13. The molecule has 84 valence electrons. The van der Waals surface area contributed by atoms with Crippen LogP contribution in [-0.2, 0) is 11.3 Å². The van der Waals surface area contributed by atoms with Crippen molar-refractivity contribution in [3.63, 3.8) is 0 Å². The molecule has 0 aliphatic rings. The molecule has 0 N–H and O–H groups in total. The summed E-state index contributed by atoms with van der Waals surface area (Å²) in [6.07, 6.45) is 0.813. The van der Waals surface area contributed by atoms with Crippen LogP contribution in [0.25, 0.3) is 5.65 Å². The topological polar surface area (TPSA) is 43.6 Å².